The molecule has 0 saturated carbocycles. The summed E-state index contributed by atoms with van der Waals surface area (Å²) in [4.78, 5) is 12.9. The first kappa shape index (κ1) is 27.9. The third-order valence-corrected chi connectivity index (χ3v) is 7.11. The van der Waals surface area contributed by atoms with Gasteiger partial charge >= 0.3 is 12.1 Å². The van der Waals surface area contributed by atoms with Gasteiger partial charge < -0.3 is 9.47 Å². The van der Waals surface area contributed by atoms with Crippen LogP contribution in [0, 0.1) is 6.92 Å². The molecule has 38 heavy (non-hydrogen) atoms. The van der Waals surface area contributed by atoms with Gasteiger partial charge in [-0.1, -0.05) is 35.9 Å². The molecule has 0 saturated heterocycles. The number of H-pyrrole nitrogens is 1. The molecule has 1 unspecified atom stereocenters. The number of fused-ring (bicyclic) bond motifs is 1. The van der Waals surface area contributed by atoms with Crippen molar-refractivity contribution in [3.05, 3.63) is 88.1 Å². The third kappa shape index (κ3) is 6.63. The maximum Gasteiger partial charge on any atom is 0.416 e. The van der Waals surface area contributed by atoms with Crippen LogP contribution in [0.3, 0.4) is 0 Å². The summed E-state index contributed by atoms with van der Waals surface area (Å²) in [5.41, 5.74) is 1.33. The number of hydrogen-bond donors (Lipinski definition) is 1. The molecule has 1 aromatic heterocycles. The molecule has 0 aliphatic rings. The first-order chi connectivity index (χ1) is 17.8. The van der Waals surface area contributed by atoms with Crippen LogP contribution in [0.1, 0.15) is 48.4 Å². The lowest BCUT2D eigenvalue weighted by atomic mass is 10.0. The molecule has 0 amide bonds. The second-order valence-electron chi connectivity index (χ2n) is 9.69. The first-order valence-corrected chi connectivity index (χ1v) is 13.0. The number of halogens is 4. The summed E-state index contributed by atoms with van der Waals surface area (Å²) in [6.07, 6.45) is -4.50. The van der Waals surface area contributed by atoms with Crippen molar-refractivity contribution < 1.29 is 27.4 Å². The molecule has 200 valence electrons. The first-order valence-electron chi connectivity index (χ1n) is 11.7. The largest absolute Gasteiger partial charge is 0.482 e. The number of aryl methyl sites for hydroxylation is 1. The van der Waals surface area contributed by atoms with E-state index in [0.29, 0.717) is 11.3 Å². The van der Waals surface area contributed by atoms with Crippen molar-refractivity contribution in [2.45, 2.75) is 49.6 Å². The highest BCUT2D eigenvalue weighted by atomic mass is 35.5. The Balaban J connectivity index is 1.65. The number of carbonyl (C=O) groups is 1. The number of carbonyl (C=O) groups excluding carboxylic acids is 1. The van der Waals surface area contributed by atoms with Gasteiger partial charge in [0.1, 0.15) is 11.4 Å². The summed E-state index contributed by atoms with van der Waals surface area (Å²) in [5, 5.41) is 7.79. The predicted octanol–water partition coefficient (Wildman–Crippen LogP) is 8.15. The molecule has 1 atom stereocenters. The lowest BCUT2D eigenvalue weighted by molar-refractivity contribution is -0.157. The Morgan fingerprint density at radius 3 is 2.47 bits per heavy atom. The van der Waals surface area contributed by atoms with Crippen molar-refractivity contribution in [1.29, 1.82) is 0 Å². The van der Waals surface area contributed by atoms with Crippen LogP contribution in [0.5, 0.6) is 5.75 Å². The van der Waals surface area contributed by atoms with E-state index in [1.165, 1.54) is 17.8 Å². The quantitative estimate of drug-likeness (QED) is 0.182. The number of nitrogens with one attached hydrogen (secondary N) is 1. The van der Waals surface area contributed by atoms with Gasteiger partial charge in [0, 0.05) is 15.3 Å². The van der Waals surface area contributed by atoms with Crippen LogP contribution in [0.2, 0.25) is 5.02 Å². The van der Waals surface area contributed by atoms with Crippen LogP contribution < -0.4 is 4.74 Å². The lowest BCUT2D eigenvalue weighted by Gasteiger charge is -2.20. The minimum Gasteiger partial charge on any atom is -0.482 e. The molecule has 1 heterocycles. The molecule has 4 rings (SSSR count). The van der Waals surface area contributed by atoms with E-state index in [1.54, 1.807) is 26.8 Å². The third-order valence-electron chi connectivity index (χ3n) is 5.53. The van der Waals surface area contributed by atoms with Gasteiger partial charge in [-0.05, 0) is 75.2 Å². The van der Waals surface area contributed by atoms with Gasteiger partial charge in [-0.15, -0.1) is 11.8 Å². The van der Waals surface area contributed by atoms with Gasteiger partial charge in [-0.25, -0.2) is 4.79 Å². The van der Waals surface area contributed by atoms with Gasteiger partial charge in [-0.3, -0.25) is 5.10 Å². The Morgan fingerprint density at radius 1 is 1.08 bits per heavy atom. The van der Waals surface area contributed by atoms with Gasteiger partial charge in [0.05, 0.1) is 22.0 Å². The number of nitrogens with zero attached hydrogens (tertiary/aromatic N) is 1. The van der Waals surface area contributed by atoms with Gasteiger partial charge in [0.15, 0.2) is 6.61 Å². The van der Waals surface area contributed by atoms with E-state index in [1.807, 2.05) is 43.3 Å². The molecule has 0 radical (unpaired) electrons. The Bertz CT molecular complexity index is 1460. The Hall–Kier alpha value is -3.17. The molecular formula is C28H26ClF3N2O3S. The number of benzene rings is 3. The van der Waals surface area contributed by atoms with Crippen molar-refractivity contribution >= 4 is 40.2 Å². The van der Waals surface area contributed by atoms with Crippen LogP contribution in [-0.2, 0) is 15.7 Å². The fourth-order valence-corrected chi connectivity index (χ4v) is 5.52. The fourth-order valence-electron chi connectivity index (χ4n) is 3.87. The van der Waals surface area contributed by atoms with E-state index >= 15 is 0 Å². The topological polar surface area (TPSA) is 64.2 Å². The van der Waals surface area contributed by atoms with Crippen LogP contribution in [-0.4, -0.2) is 28.4 Å². The van der Waals surface area contributed by atoms with E-state index in [2.05, 4.69) is 10.2 Å². The van der Waals surface area contributed by atoms with E-state index in [-0.39, 0.29) is 11.6 Å². The number of aromatic nitrogens is 2. The second kappa shape index (κ2) is 10.9. The number of thioether (sulfide) groups is 1. The smallest absolute Gasteiger partial charge is 0.416 e. The number of rotatable bonds is 7. The van der Waals surface area contributed by atoms with Crippen molar-refractivity contribution in [3.8, 4) is 5.75 Å². The zero-order valence-electron chi connectivity index (χ0n) is 21.2. The molecule has 1 N–H and O–H groups in total. The Morgan fingerprint density at radius 2 is 1.82 bits per heavy atom. The molecule has 0 aliphatic carbocycles. The van der Waals surface area contributed by atoms with Crippen LogP contribution >= 0.6 is 23.4 Å². The monoisotopic (exact) mass is 562 g/mol. The average Bonchev–Trinajstić information content (AvgIpc) is 3.24. The maximum atomic E-state index is 13.3. The zero-order chi connectivity index (χ0) is 27.7. The zero-order valence-corrected chi connectivity index (χ0v) is 22.7. The van der Waals surface area contributed by atoms with Crippen LogP contribution in [0.15, 0.2) is 65.6 Å². The Labute approximate surface area is 227 Å². The second-order valence-corrected chi connectivity index (χ2v) is 11.3. The number of alkyl halides is 3. The van der Waals surface area contributed by atoms with E-state index < -0.39 is 28.6 Å². The molecule has 5 nitrogen and oxygen atoms in total. The van der Waals surface area contributed by atoms with Crippen LogP contribution in [0.25, 0.3) is 10.9 Å². The number of hydrogen-bond acceptors (Lipinski definition) is 5. The molecule has 10 heteroatoms. The van der Waals surface area contributed by atoms with Gasteiger partial charge in [0.2, 0.25) is 0 Å². The maximum absolute atomic E-state index is 13.3. The summed E-state index contributed by atoms with van der Waals surface area (Å²) in [6.45, 7) is 6.97. The molecule has 0 fully saturated rings. The normalized spacial score (nSPS) is 12.9. The summed E-state index contributed by atoms with van der Waals surface area (Å²) in [6, 6.07) is 16.3. The van der Waals surface area contributed by atoms with E-state index in [4.69, 9.17) is 21.1 Å². The lowest BCUT2D eigenvalue weighted by Crippen LogP contribution is -2.27. The highest BCUT2D eigenvalue weighted by Gasteiger charge is 2.32. The number of ether oxygens (including phenoxy) is 2. The number of esters is 1. The highest BCUT2D eigenvalue weighted by Crippen LogP contribution is 2.46. The minimum atomic E-state index is -4.50. The Kier molecular flexibility index (Phi) is 7.99. The SMILES string of the molecule is Cc1cc(SC(c2ccc(C(F)(F)F)cc2Cl)c2[nH]nc3ccccc23)ccc1OCC(=O)OC(C)(C)C. The number of para-hydroxylation sites is 1. The number of aromatic amines is 1. The molecular weight excluding hydrogens is 537 g/mol. The molecule has 4 aromatic rings. The average molecular weight is 563 g/mol. The van der Waals surface area contributed by atoms with E-state index in [9.17, 15) is 18.0 Å². The van der Waals surface area contributed by atoms with Crippen molar-refractivity contribution in [2.24, 2.45) is 0 Å². The van der Waals surface area contributed by atoms with Crippen molar-refractivity contribution in [2.75, 3.05) is 6.61 Å². The van der Waals surface area contributed by atoms with Gasteiger partial charge in [-0.2, -0.15) is 18.3 Å². The van der Waals surface area contributed by atoms with Crippen LogP contribution in [0.4, 0.5) is 13.2 Å². The summed E-state index contributed by atoms with van der Waals surface area (Å²) >= 11 is 7.84. The molecule has 3 aromatic carbocycles. The standard InChI is InChI=1S/C28H26ClF3N2O3S/c1-16-13-18(10-12-23(16)36-15-24(35)37-27(2,3)4)38-26(25-20-7-5-6-8-22(20)33-34-25)19-11-9-17(14-21(19)29)28(30,31)32/h5-14,26H,15H2,1-4H3,(H,33,34). The van der Waals surface area contributed by atoms with Crippen molar-refractivity contribution in [3.63, 3.8) is 0 Å². The fraction of sp³-hybridized carbons (Fsp3) is 0.286. The van der Waals surface area contributed by atoms with Gasteiger partial charge in [0.25, 0.3) is 0 Å². The van der Waals surface area contributed by atoms with E-state index in [0.717, 1.165) is 39.2 Å². The molecule has 0 aliphatic heterocycles. The summed E-state index contributed by atoms with van der Waals surface area (Å²) in [5.74, 6) is 0.0507. The molecule has 0 spiro atoms. The minimum absolute atomic E-state index is 0.00467. The molecule has 0 bridgehead atoms. The predicted molar refractivity (Wildman–Crippen MR) is 143 cm³/mol. The highest BCUT2D eigenvalue weighted by molar-refractivity contribution is 7.99. The van der Waals surface area contributed by atoms with Crippen molar-refractivity contribution in [1.82, 2.24) is 10.2 Å². The summed E-state index contributed by atoms with van der Waals surface area (Å²) in [7, 11) is 0. The summed E-state index contributed by atoms with van der Waals surface area (Å²) < 4.78 is 50.8.